The van der Waals surface area contributed by atoms with Crippen molar-refractivity contribution < 1.29 is 4.79 Å². The van der Waals surface area contributed by atoms with Gasteiger partial charge in [-0.3, -0.25) is 4.79 Å². The monoisotopic (exact) mass is 333 g/mol. The smallest absolute Gasteiger partial charge is 0.232 e. The van der Waals surface area contributed by atoms with E-state index in [9.17, 15) is 4.79 Å². The molecule has 0 unspecified atom stereocenters. The third kappa shape index (κ3) is 3.35. The molecule has 2 aromatic carbocycles. The number of nitrogens with one attached hydrogen (secondary N) is 1. The lowest BCUT2D eigenvalue weighted by molar-refractivity contribution is -0.122. The summed E-state index contributed by atoms with van der Waals surface area (Å²) in [7, 11) is 0. The minimum absolute atomic E-state index is 0.132. The Kier molecular flexibility index (Phi) is 4.61. The van der Waals surface area contributed by atoms with Crippen molar-refractivity contribution in [2.24, 2.45) is 17.8 Å². The van der Waals surface area contributed by atoms with Gasteiger partial charge in [0.05, 0.1) is 5.92 Å². The van der Waals surface area contributed by atoms with Crippen LogP contribution in [0.2, 0.25) is 0 Å². The van der Waals surface area contributed by atoms with E-state index < -0.39 is 0 Å². The van der Waals surface area contributed by atoms with Crippen LogP contribution in [0.4, 0.5) is 0 Å². The molecule has 2 fully saturated rings. The Labute approximate surface area is 150 Å². The third-order valence-corrected chi connectivity index (χ3v) is 6.33. The first kappa shape index (κ1) is 16.4. The zero-order valence-electron chi connectivity index (χ0n) is 14.9. The van der Waals surface area contributed by atoms with Gasteiger partial charge in [0.1, 0.15) is 0 Å². The number of carbonyl (C=O) groups is 1. The normalized spacial score (nSPS) is 25.9. The van der Waals surface area contributed by atoms with E-state index in [1.807, 2.05) is 36.4 Å². The van der Waals surface area contributed by atoms with Crippen LogP contribution in [0.5, 0.6) is 0 Å². The van der Waals surface area contributed by atoms with Crippen LogP contribution in [-0.2, 0) is 4.79 Å². The maximum atomic E-state index is 13.2. The van der Waals surface area contributed by atoms with E-state index in [0.29, 0.717) is 5.92 Å². The van der Waals surface area contributed by atoms with Gasteiger partial charge in [0, 0.05) is 6.04 Å². The largest absolute Gasteiger partial charge is 0.353 e. The molecule has 2 aliphatic rings. The molecule has 2 aromatic rings. The first-order valence-electron chi connectivity index (χ1n) is 9.62. The van der Waals surface area contributed by atoms with Gasteiger partial charge in [-0.25, -0.2) is 0 Å². The van der Waals surface area contributed by atoms with Crippen LogP contribution in [0.3, 0.4) is 0 Å². The fraction of sp³-hybridized carbons (Fsp3) is 0.435. The molecule has 1 amide bonds. The lowest BCUT2D eigenvalue weighted by Gasteiger charge is -2.30. The molecule has 0 radical (unpaired) electrons. The summed E-state index contributed by atoms with van der Waals surface area (Å²) in [4.78, 5) is 13.2. The van der Waals surface area contributed by atoms with Crippen molar-refractivity contribution in [2.45, 2.75) is 44.6 Å². The minimum atomic E-state index is -0.233. The molecule has 130 valence electrons. The van der Waals surface area contributed by atoms with Crippen molar-refractivity contribution in [1.82, 2.24) is 5.32 Å². The SMILES string of the molecule is C[C@@H](NC(=O)C(c1ccccc1)c1ccccc1)[C@@H]1C[C@H]2CC[C@H]1C2. The van der Waals surface area contributed by atoms with Crippen LogP contribution >= 0.6 is 0 Å². The Morgan fingerprint density at radius 3 is 2.00 bits per heavy atom. The number of hydrogen-bond acceptors (Lipinski definition) is 1. The van der Waals surface area contributed by atoms with Crippen molar-refractivity contribution >= 4 is 5.91 Å². The van der Waals surface area contributed by atoms with Crippen LogP contribution in [0.15, 0.2) is 60.7 Å². The van der Waals surface area contributed by atoms with Crippen molar-refractivity contribution in [3.05, 3.63) is 71.8 Å². The number of hydrogen-bond donors (Lipinski definition) is 1. The van der Waals surface area contributed by atoms with Gasteiger partial charge < -0.3 is 5.32 Å². The fourth-order valence-corrected chi connectivity index (χ4v) is 5.11. The Morgan fingerprint density at radius 1 is 0.920 bits per heavy atom. The average molecular weight is 333 g/mol. The Hall–Kier alpha value is -2.09. The molecule has 0 saturated heterocycles. The molecule has 4 atom stereocenters. The molecule has 1 N–H and O–H groups in total. The van der Waals surface area contributed by atoms with Crippen molar-refractivity contribution in [3.63, 3.8) is 0 Å². The summed E-state index contributed by atoms with van der Waals surface area (Å²) in [5.41, 5.74) is 2.12. The Morgan fingerprint density at radius 2 is 1.52 bits per heavy atom. The van der Waals surface area contributed by atoms with E-state index >= 15 is 0 Å². The van der Waals surface area contributed by atoms with E-state index in [0.717, 1.165) is 23.0 Å². The predicted molar refractivity (Wildman–Crippen MR) is 101 cm³/mol. The highest BCUT2D eigenvalue weighted by Crippen LogP contribution is 2.49. The van der Waals surface area contributed by atoms with Gasteiger partial charge in [0.2, 0.25) is 5.91 Å². The first-order valence-corrected chi connectivity index (χ1v) is 9.62. The summed E-state index contributed by atoms with van der Waals surface area (Å²) in [6.45, 7) is 2.20. The van der Waals surface area contributed by atoms with Crippen LogP contribution in [0, 0.1) is 17.8 Å². The molecule has 2 saturated carbocycles. The zero-order valence-corrected chi connectivity index (χ0v) is 14.9. The molecule has 25 heavy (non-hydrogen) atoms. The zero-order chi connectivity index (χ0) is 17.2. The number of rotatable bonds is 5. The molecular weight excluding hydrogens is 306 g/mol. The summed E-state index contributed by atoms with van der Waals surface area (Å²) in [6, 6.07) is 20.5. The Balaban J connectivity index is 1.54. The van der Waals surface area contributed by atoms with E-state index in [2.05, 4.69) is 36.5 Å². The molecule has 0 heterocycles. The van der Waals surface area contributed by atoms with E-state index in [-0.39, 0.29) is 17.9 Å². The maximum absolute atomic E-state index is 13.2. The summed E-state index contributed by atoms with van der Waals surface area (Å²) < 4.78 is 0. The predicted octanol–water partition coefficient (Wildman–Crippen LogP) is 4.76. The molecule has 2 aliphatic carbocycles. The summed E-state index contributed by atoms with van der Waals surface area (Å²) in [6.07, 6.45) is 5.44. The number of amides is 1. The van der Waals surface area contributed by atoms with E-state index in [1.165, 1.54) is 25.7 Å². The second kappa shape index (κ2) is 7.03. The molecule has 0 aromatic heterocycles. The van der Waals surface area contributed by atoms with Gasteiger partial charge >= 0.3 is 0 Å². The van der Waals surface area contributed by atoms with Crippen molar-refractivity contribution in [1.29, 1.82) is 0 Å². The van der Waals surface area contributed by atoms with Gasteiger partial charge in [0.15, 0.2) is 0 Å². The molecule has 2 nitrogen and oxygen atoms in total. The van der Waals surface area contributed by atoms with Crippen LogP contribution in [-0.4, -0.2) is 11.9 Å². The molecule has 2 bridgehead atoms. The lowest BCUT2D eigenvalue weighted by atomic mass is 9.83. The van der Waals surface area contributed by atoms with Crippen molar-refractivity contribution in [3.8, 4) is 0 Å². The van der Waals surface area contributed by atoms with E-state index in [4.69, 9.17) is 0 Å². The van der Waals surface area contributed by atoms with Crippen LogP contribution in [0.1, 0.15) is 49.7 Å². The number of carbonyl (C=O) groups excluding carboxylic acids is 1. The third-order valence-electron chi connectivity index (χ3n) is 6.33. The molecule has 0 spiro atoms. The average Bonchev–Trinajstić information content (AvgIpc) is 3.27. The lowest BCUT2D eigenvalue weighted by Crippen LogP contribution is -2.42. The van der Waals surface area contributed by atoms with Gasteiger partial charge in [-0.05, 0) is 55.1 Å². The standard InChI is InChI=1S/C23H27NO/c1-16(21-15-17-12-13-20(21)14-17)24-23(25)22(18-8-4-2-5-9-18)19-10-6-3-7-11-19/h2-11,16-17,20-22H,12-15H2,1H3,(H,24,25)/t16-,17+,20+,21+/m1/s1. The molecule has 0 aliphatic heterocycles. The second-order valence-corrected chi connectivity index (χ2v) is 7.89. The number of benzene rings is 2. The highest BCUT2D eigenvalue weighted by molar-refractivity contribution is 5.87. The van der Waals surface area contributed by atoms with Gasteiger partial charge in [0.25, 0.3) is 0 Å². The fourth-order valence-electron chi connectivity index (χ4n) is 5.11. The quantitative estimate of drug-likeness (QED) is 0.840. The van der Waals surface area contributed by atoms with E-state index in [1.54, 1.807) is 0 Å². The number of fused-ring (bicyclic) bond motifs is 2. The highest BCUT2D eigenvalue weighted by Gasteiger charge is 2.42. The molecule has 4 rings (SSSR count). The maximum Gasteiger partial charge on any atom is 0.232 e. The summed E-state index contributed by atoms with van der Waals surface area (Å²) in [5, 5.41) is 3.36. The first-order chi connectivity index (χ1) is 12.2. The summed E-state index contributed by atoms with van der Waals surface area (Å²) in [5.74, 6) is 2.30. The minimum Gasteiger partial charge on any atom is -0.353 e. The van der Waals surface area contributed by atoms with Gasteiger partial charge in [-0.1, -0.05) is 67.1 Å². The Bertz CT molecular complexity index is 672. The second-order valence-electron chi connectivity index (χ2n) is 7.89. The van der Waals surface area contributed by atoms with Gasteiger partial charge in [-0.15, -0.1) is 0 Å². The highest BCUT2D eigenvalue weighted by atomic mass is 16.1. The van der Waals surface area contributed by atoms with Crippen LogP contribution in [0.25, 0.3) is 0 Å². The summed E-state index contributed by atoms with van der Waals surface area (Å²) >= 11 is 0. The van der Waals surface area contributed by atoms with Crippen molar-refractivity contribution in [2.75, 3.05) is 0 Å². The molecule has 2 heteroatoms. The van der Waals surface area contributed by atoms with Crippen LogP contribution < -0.4 is 5.32 Å². The molecular formula is C23H27NO. The van der Waals surface area contributed by atoms with Gasteiger partial charge in [-0.2, -0.15) is 0 Å². The topological polar surface area (TPSA) is 29.1 Å².